The molecule has 4 rings (SSSR count). The summed E-state index contributed by atoms with van der Waals surface area (Å²) < 4.78 is 0. The average molecular weight is 375 g/mol. The van der Waals surface area contributed by atoms with Gasteiger partial charge in [-0.15, -0.1) is 0 Å². The predicted octanol–water partition coefficient (Wildman–Crippen LogP) is 5.57. The lowest BCUT2D eigenvalue weighted by atomic mass is 9.42. The van der Waals surface area contributed by atoms with Crippen molar-refractivity contribution in [2.45, 2.75) is 85.5 Å². The van der Waals surface area contributed by atoms with Gasteiger partial charge < -0.3 is 5.11 Å². The smallest absolute Gasteiger partial charge is 0.306 e. The molecule has 3 heteroatoms. The van der Waals surface area contributed by atoms with E-state index in [0.717, 1.165) is 32.1 Å². The lowest BCUT2D eigenvalue weighted by Crippen LogP contribution is -2.59. The molecule has 0 radical (unpaired) electrons. The Morgan fingerprint density at radius 3 is 2.41 bits per heavy atom. The third kappa shape index (κ3) is 2.59. The topological polar surface area (TPSA) is 54.4 Å². The normalized spacial score (nSPS) is 50.4. The van der Waals surface area contributed by atoms with Crippen molar-refractivity contribution >= 4 is 11.8 Å². The first kappa shape index (κ1) is 19.5. The molecule has 0 heterocycles. The second-order valence-corrected chi connectivity index (χ2v) is 10.9. The molecule has 0 spiro atoms. The second kappa shape index (κ2) is 6.59. The van der Waals surface area contributed by atoms with E-state index < -0.39 is 5.97 Å². The van der Waals surface area contributed by atoms with Gasteiger partial charge in [0, 0.05) is 11.8 Å². The highest BCUT2D eigenvalue weighted by Gasteiger charge is 2.64. The van der Waals surface area contributed by atoms with E-state index in [9.17, 15) is 14.7 Å². The van der Waals surface area contributed by atoms with Crippen LogP contribution in [0.1, 0.15) is 85.5 Å². The highest BCUT2D eigenvalue weighted by Crippen LogP contribution is 2.68. The quantitative estimate of drug-likeness (QED) is 0.702. The molecule has 27 heavy (non-hydrogen) atoms. The summed E-state index contributed by atoms with van der Waals surface area (Å²) in [6, 6.07) is 0. The largest absolute Gasteiger partial charge is 0.481 e. The first-order valence-electron chi connectivity index (χ1n) is 11.5. The van der Waals surface area contributed by atoms with Gasteiger partial charge in [0.25, 0.3) is 0 Å². The Bertz CT molecular complexity index is 627. The molecule has 4 fully saturated rings. The van der Waals surface area contributed by atoms with Gasteiger partial charge in [-0.2, -0.15) is 0 Å². The molecule has 3 nitrogen and oxygen atoms in total. The second-order valence-electron chi connectivity index (χ2n) is 10.9. The first-order chi connectivity index (χ1) is 12.8. The molecule has 0 saturated heterocycles. The SMILES string of the molecule is CC[C@H]1C(=O)C2[C@@H]3CCC([C@H](C)C(=O)O)C3(C)CC[C@@H]2C2(C)CCCCC12. The Balaban J connectivity index is 1.71. The van der Waals surface area contributed by atoms with E-state index in [1.54, 1.807) is 0 Å². The van der Waals surface area contributed by atoms with Gasteiger partial charge in [0.1, 0.15) is 5.78 Å². The number of carbonyl (C=O) groups is 2. The average Bonchev–Trinajstić information content (AvgIpc) is 2.98. The molecular formula is C24H38O3. The van der Waals surface area contributed by atoms with Crippen molar-refractivity contribution in [2.75, 3.05) is 0 Å². The summed E-state index contributed by atoms with van der Waals surface area (Å²) in [5.41, 5.74) is 0.361. The molecule has 0 aromatic rings. The van der Waals surface area contributed by atoms with E-state index in [2.05, 4.69) is 20.8 Å². The van der Waals surface area contributed by atoms with Gasteiger partial charge in [-0.1, -0.05) is 40.5 Å². The number of carbonyl (C=O) groups excluding carboxylic acids is 1. The Morgan fingerprint density at radius 2 is 1.74 bits per heavy atom. The number of hydrogen-bond acceptors (Lipinski definition) is 2. The maximum absolute atomic E-state index is 13.8. The molecule has 0 aromatic heterocycles. The Kier molecular flexibility index (Phi) is 4.75. The van der Waals surface area contributed by atoms with Crippen LogP contribution in [0, 0.1) is 52.3 Å². The summed E-state index contributed by atoms with van der Waals surface area (Å²) in [7, 11) is 0. The van der Waals surface area contributed by atoms with Crippen LogP contribution < -0.4 is 0 Å². The van der Waals surface area contributed by atoms with Crippen molar-refractivity contribution in [3.05, 3.63) is 0 Å². The number of aliphatic carboxylic acids is 1. The molecule has 152 valence electrons. The number of carboxylic acids is 1. The maximum atomic E-state index is 13.8. The summed E-state index contributed by atoms with van der Waals surface area (Å²) in [6.07, 6.45) is 10.4. The van der Waals surface area contributed by atoms with E-state index in [1.807, 2.05) is 6.92 Å². The zero-order chi connectivity index (χ0) is 19.6. The minimum atomic E-state index is -0.662. The van der Waals surface area contributed by atoms with Gasteiger partial charge in [0.05, 0.1) is 5.92 Å². The highest BCUT2D eigenvalue weighted by molar-refractivity contribution is 5.86. The summed E-state index contributed by atoms with van der Waals surface area (Å²) in [5.74, 6) is 1.80. The number of Topliss-reactive ketones (excluding diaryl/α,β-unsaturated/α-hetero) is 1. The number of carboxylic acid groups (broad SMARTS) is 1. The van der Waals surface area contributed by atoms with Crippen molar-refractivity contribution in [1.82, 2.24) is 0 Å². The van der Waals surface area contributed by atoms with Crippen LogP contribution in [-0.2, 0) is 9.59 Å². The molecule has 0 aliphatic heterocycles. The molecule has 1 N–H and O–H groups in total. The molecule has 0 bridgehead atoms. The summed E-state index contributed by atoms with van der Waals surface area (Å²) in [4.78, 5) is 25.5. The molecular weight excluding hydrogens is 336 g/mol. The molecule has 4 aliphatic carbocycles. The summed E-state index contributed by atoms with van der Waals surface area (Å²) in [5, 5.41) is 9.64. The molecule has 0 aromatic carbocycles. The van der Waals surface area contributed by atoms with E-state index in [4.69, 9.17) is 0 Å². The number of ketones is 1. The van der Waals surface area contributed by atoms with Crippen LogP contribution in [-0.4, -0.2) is 16.9 Å². The van der Waals surface area contributed by atoms with Crippen LogP contribution in [0.25, 0.3) is 0 Å². The van der Waals surface area contributed by atoms with E-state index in [-0.39, 0.29) is 29.1 Å². The van der Waals surface area contributed by atoms with Crippen molar-refractivity contribution in [1.29, 1.82) is 0 Å². The van der Waals surface area contributed by atoms with Crippen molar-refractivity contribution in [3.63, 3.8) is 0 Å². The number of rotatable bonds is 3. The fourth-order valence-corrected chi connectivity index (χ4v) is 8.75. The molecule has 5 unspecified atom stereocenters. The van der Waals surface area contributed by atoms with Crippen molar-refractivity contribution < 1.29 is 14.7 Å². The summed E-state index contributed by atoms with van der Waals surface area (Å²) in [6.45, 7) is 8.94. The molecule has 0 amide bonds. The van der Waals surface area contributed by atoms with Crippen LogP contribution in [0.15, 0.2) is 0 Å². The minimum Gasteiger partial charge on any atom is -0.481 e. The van der Waals surface area contributed by atoms with E-state index in [1.165, 1.54) is 25.7 Å². The van der Waals surface area contributed by atoms with Gasteiger partial charge in [-0.3, -0.25) is 9.59 Å². The van der Waals surface area contributed by atoms with Crippen LogP contribution in [0.5, 0.6) is 0 Å². The maximum Gasteiger partial charge on any atom is 0.306 e. The van der Waals surface area contributed by atoms with Crippen LogP contribution in [0.2, 0.25) is 0 Å². The van der Waals surface area contributed by atoms with Crippen LogP contribution in [0.3, 0.4) is 0 Å². The highest BCUT2D eigenvalue weighted by atomic mass is 16.4. The minimum absolute atomic E-state index is 0.0325. The lowest BCUT2D eigenvalue weighted by Gasteiger charge is -2.61. The fraction of sp³-hybridized carbons (Fsp3) is 0.917. The Hall–Kier alpha value is -0.860. The van der Waals surface area contributed by atoms with E-state index in [0.29, 0.717) is 29.0 Å². The van der Waals surface area contributed by atoms with Gasteiger partial charge in [-0.25, -0.2) is 0 Å². The van der Waals surface area contributed by atoms with Crippen molar-refractivity contribution in [3.8, 4) is 0 Å². The van der Waals surface area contributed by atoms with Gasteiger partial charge in [-0.05, 0) is 79.4 Å². The lowest BCUT2D eigenvalue weighted by molar-refractivity contribution is -0.169. The Labute approximate surface area is 164 Å². The monoisotopic (exact) mass is 374 g/mol. The summed E-state index contributed by atoms with van der Waals surface area (Å²) >= 11 is 0. The third-order valence-electron chi connectivity index (χ3n) is 10.1. The zero-order valence-corrected chi connectivity index (χ0v) is 17.7. The van der Waals surface area contributed by atoms with Crippen LogP contribution >= 0.6 is 0 Å². The molecule has 9 atom stereocenters. The van der Waals surface area contributed by atoms with E-state index >= 15 is 0 Å². The number of fused-ring (bicyclic) bond motifs is 5. The van der Waals surface area contributed by atoms with Crippen LogP contribution in [0.4, 0.5) is 0 Å². The zero-order valence-electron chi connectivity index (χ0n) is 17.7. The first-order valence-corrected chi connectivity index (χ1v) is 11.5. The fourth-order valence-electron chi connectivity index (χ4n) is 8.75. The van der Waals surface area contributed by atoms with Gasteiger partial charge >= 0.3 is 5.97 Å². The standard InChI is InChI=1S/C24H38O3/c1-5-15-17-8-6-7-12-23(17,3)19-11-13-24(4)16(14(2)22(26)27)9-10-18(24)20(19)21(15)25/h14-20H,5-13H2,1-4H3,(H,26,27)/t14-,15+,16?,17?,18-,19-,20?,23?,24?/m0/s1. The van der Waals surface area contributed by atoms with Gasteiger partial charge in [0.15, 0.2) is 0 Å². The predicted molar refractivity (Wildman–Crippen MR) is 106 cm³/mol. The number of hydrogen-bond donors (Lipinski definition) is 1. The third-order valence-corrected chi connectivity index (χ3v) is 10.1. The Morgan fingerprint density at radius 1 is 1.04 bits per heavy atom. The molecule has 4 aliphatic rings. The molecule has 4 saturated carbocycles. The van der Waals surface area contributed by atoms with Crippen molar-refractivity contribution in [2.24, 2.45) is 52.3 Å². The van der Waals surface area contributed by atoms with Gasteiger partial charge in [0.2, 0.25) is 0 Å².